The van der Waals surface area contributed by atoms with Gasteiger partial charge in [0.05, 0.1) is 12.7 Å². The van der Waals surface area contributed by atoms with Crippen molar-refractivity contribution in [1.82, 2.24) is 0 Å². The Labute approximate surface area is 91.1 Å². The predicted molar refractivity (Wildman–Crippen MR) is 56.7 cm³/mol. The van der Waals surface area contributed by atoms with Gasteiger partial charge in [-0.1, -0.05) is 24.3 Å². The molecular formula is C11H9NO4. The van der Waals surface area contributed by atoms with Crippen LogP contribution in [0.3, 0.4) is 0 Å². The molecule has 0 atom stereocenters. The Morgan fingerprint density at radius 2 is 1.88 bits per heavy atom. The van der Waals surface area contributed by atoms with Crippen LogP contribution in [0.5, 0.6) is 0 Å². The van der Waals surface area contributed by atoms with Gasteiger partial charge < -0.3 is 9.52 Å². The molecule has 5 nitrogen and oxygen atoms in total. The summed E-state index contributed by atoms with van der Waals surface area (Å²) in [7, 11) is 0. The van der Waals surface area contributed by atoms with Gasteiger partial charge in [0.15, 0.2) is 0 Å². The second kappa shape index (κ2) is 4.16. The zero-order valence-electron chi connectivity index (χ0n) is 8.29. The van der Waals surface area contributed by atoms with Gasteiger partial charge in [0.25, 0.3) is 0 Å². The summed E-state index contributed by atoms with van der Waals surface area (Å²) in [6, 6.07) is 9.83. The van der Waals surface area contributed by atoms with Crippen LogP contribution in [-0.4, -0.2) is 10.0 Å². The van der Waals surface area contributed by atoms with Crippen molar-refractivity contribution in [1.29, 1.82) is 0 Å². The predicted octanol–water partition coefficient (Wildman–Crippen LogP) is 2.35. The Morgan fingerprint density at radius 3 is 2.38 bits per heavy atom. The molecule has 1 aromatic carbocycles. The molecule has 0 unspecified atom stereocenters. The minimum atomic E-state index is -0.578. The van der Waals surface area contributed by atoms with E-state index in [-0.39, 0.29) is 12.5 Å². The summed E-state index contributed by atoms with van der Waals surface area (Å²) in [6.07, 6.45) is 0. The molecule has 1 heterocycles. The third-order valence-corrected chi connectivity index (χ3v) is 2.19. The van der Waals surface area contributed by atoms with Crippen molar-refractivity contribution >= 4 is 5.88 Å². The highest BCUT2D eigenvalue weighted by atomic mass is 16.6. The van der Waals surface area contributed by atoms with E-state index in [0.29, 0.717) is 5.76 Å². The first-order valence-electron chi connectivity index (χ1n) is 4.65. The first-order chi connectivity index (χ1) is 7.70. The van der Waals surface area contributed by atoms with Gasteiger partial charge in [-0.15, -0.1) is 0 Å². The fourth-order valence-corrected chi connectivity index (χ4v) is 1.36. The van der Waals surface area contributed by atoms with E-state index in [4.69, 9.17) is 9.52 Å². The number of furan rings is 1. The number of nitrogens with zero attached hydrogens (tertiary/aromatic N) is 1. The zero-order valence-corrected chi connectivity index (χ0v) is 8.29. The highest BCUT2D eigenvalue weighted by Crippen LogP contribution is 2.26. The Kier molecular flexibility index (Phi) is 2.70. The molecular weight excluding hydrogens is 210 g/mol. The van der Waals surface area contributed by atoms with Gasteiger partial charge in [-0.25, -0.2) is 0 Å². The number of hydrogen-bond donors (Lipinski definition) is 1. The summed E-state index contributed by atoms with van der Waals surface area (Å²) in [5.74, 6) is 0.164. The minimum Gasteiger partial charge on any atom is -0.401 e. The summed E-state index contributed by atoms with van der Waals surface area (Å²) in [5.41, 5.74) is 1.52. The van der Waals surface area contributed by atoms with E-state index in [1.54, 1.807) is 30.3 Å². The van der Waals surface area contributed by atoms with Crippen molar-refractivity contribution in [2.45, 2.75) is 6.61 Å². The van der Waals surface area contributed by atoms with Crippen LogP contribution in [0.4, 0.5) is 5.88 Å². The monoisotopic (exact) mass is 219 g/mol. The summed E-state index contributed by atoms with van der Waals surface area (Å²) in [6.45, 7) is -0.0292. The van der Waals surface area contributed by atoms with E-state index < -0.39 is 4.92 Å². The smallest absolute Gasteiger partial charge is 0.401 e. The van der Waals surface area contributed by atoms with E-state index in [1.807, 2.05) is 0 Å². The zero-order chi connectivity index (χ0) is 11.5. The second-order valence-corrected chi connectivity index (χ2v) is 3.25. The summed E-state index contributed by atoms with van der Waals surface area (Å²) in [4.78, 5) is 9.85. The lowest BCUT2D eigenvalue weighted by molar-refractivity contribution is -0.401. The second-order valence-electron chi connectivity index (χ2n) is 3.25. The van der Waals surface area contributed by atoms with Crippen molar-refractivity contribution in [3.63, 3.8) is 0 Å². The van der Waals surface area contributed by atoms with E-state index in [9.17, 15) is 10.1 Å². The first kappa shape index (κ1) is 10.4. The Morgan fingerprint density at radius 1 is 1.19 bits per heavy atom. The van der Waals surface area contributed by atoms with Crippen molar-refractivity contribution in [3.8, 4) is 11.3 Å². The number of hydrogen-bond acceptors (Lipinski definition) is 4. The number of aliphatic hydroxyl groups is 1. The number of nitro groups is 1. The van der Waals surface area contributed by atoms with Crippen LogP contribution in [-0.2, 0) is 6.61 Å². The fourth-order valence-electron chi connectivity index (χ4n) is 1.36. The molecule has 0 aliphatic rings. The quantitative estimate of drug-likeness (QED) is 0.634. The molecule has 0 radical (unpaired) electrons. The topological polar surface area (TPSA) is 76.5 Å². The van der Waals surface area contributed by atoms with Gasteiger partial charge in [-0.05, 0) is 11.6 Å². The van der Waals surface area contributed by atoms with Crippen LogP contribution in [0.15, 0.2) is 40.8 Å². The van der Waals surface area contributed by atoms with Gasteiger partial charge >= 0.3 is 5.88 Å². The highest BCUT2D eigenvalue weighted by molar-refractivity contribution is 5.58. The van der Waals surface area contributed by atoms with E-state index in [2.05, 4.69) is 0 Å². The molecule has 0 aliphatic carbocycles. The van der Waals surface area contributed by atoms with Crippen molar-refractivity contribution in [3.05, 3.63) is 52.1 Å². The number of rotatable bonds is 3. The van der Waals surface area contributed by atoms with Gasteiger partial charge in [0.2, 0.25) is 0 Å². The molecule has 16 heavy (non-hydrogen) atoms. The molecule has 0 saturated carbocycles. The largest absolute Gasteiger partial charge is 0.433 e. The van der Waals surface area contributed by atoms with Gasteiger partial charge in [0.1, 0.15) is 10.7 Å². The average Bonchev–Trinajstić information content (AvgIpc) is 2.78. The number of benzene rings is 1. The molecule has 0 bridgehead atoms. The van der Waals surface area contributed by atoms with Crippen molar-refractivity contribution in [2.75, 3.05) is 0 Å². The average molecular weight is 219 g/mol. The molecule has 0 saturated heterocycles. The van der Waals surface area contributed by atoms with E-state index in [0.717, 1.165) is 11.1 Å². The Hall–Kier alpha value is -2.14. The molecule has 2 aromatic rings. The summed E-state index contributed by atoms with van der Waals surface area (Å²) >= 11 is 0. The van der Waals surface area contributed by atoms with Crippen LogP contribution in [0.25, 0.3) is 11.3 Å². The molecule has 0 fully saturated rings. The summed E-state index contributed by atoms with van der Waals surface area (Å²) in [5, 5.41) is 19.3. The Bertz CT molecular complexity index is 501. The lowest BCUT2D eigenvalue weighted by Gasteiger charge is -1.98. The molecule has 0 aliphatic heterocycles. The maximum Gasteiger partial charge on any atom is 0.433 e. The molecule has 5 heteroatoms. The molecule has 1 aromatic heterocycles. The molecule has 82 valence electrons. The van der Waals surface area contributed by atoms with Crippen LogP contribution in [0, 0.1) is 10.1 Å². The fraction of sp³-hybridized carbons (Fsp3) is 0.0909. The number of aliphatic hydroxyl groups excluding tert-OH is 1. The third-order valence-electron chi connectivity index (χ3n) is 2.19. The molecule has 2 rings (SSSR count). The molecule has 0 amide bonds. The van der Waals surface area contributed by atoms with E-state index in [1.165, 1.54) is 6.07 Å². The van der Waals surface area contributed by atoms with Gasteiger partial charge in [0, 0.05) is 5.56 Å². The van der Waals surface area contributed by atoms with Crippen LogP contribution in [0.2, 0.25) is 0 Å². The van der Waals surface area contributed by atoms with Crippen molar-refractivity contribution < 1.29 is 14.4 Å². The first-order valence-corrected chi connectivity index (χ1v) is 4.65. The minimum absolute atomic E-state index is 0.0292. The molecule has 1 N–H and O–H groups in total. The third kappa shape index (κ3) is 1.94. The van der Waals surface area contributed by atoms with Crippen molar-refractivity contribution in [2.24, 2.45) is 0 Å². The lowest BCUT2D eigenvalue weighted by atomic mass is 10.1. The highest BCUT2D eigenvalue weighted by Gasteiger charge is 2.12. The maximum absolute atomic E-state index is 10.4. The lowest BCUT2D eigenvalue weighted by Crippen LogP contribution is -1.83. The SMILES string of the molecule is O=[N+]([O-])c1ccc(-c2ccc(CO)cc2)o1. The van der Waals surface area contributed by atoms with Gasteiger partial charge in [-0.3, -0.25) is 10.1 Å². The molecule has 0 spiro atoms. The van der Waals surface area contributed by atoms with Crippen LogP contribution in [0.1, 0.15) is 5.56 Å². The normalized spacial score (nSPS) is 10.3. The van der Waals surface area contributed by atoms with Gasteiger partial charge in [-0.2, -0.15) is 0 Å². The summed E-state index contributed by atoms with van der Waals surface area (Å²) < 4.78 is 5.04. The standard InChI is InChI=1S/C11H9NO4/c13-7-8-1-3-9(4-2-8)10-5-6-11(16-10)12(14)15/h1-6,13H,7H2. The van der Waals surface area contributed by atoms with Crippen LogP contribution < -0.4 is 0 Å². The maximum atomic E-state index is 10.4. The van der Waals surface area contributed by atoms with Crippen LogP contribution >= 0.6 is 0 Å². The Balaban J connectivity index is 2.31. The van der Waals surface area contributed by atoms with E-state index >= 15 is 0 Å².